The molecular weight excluding hydrogens is 198 g/mol. The van der Waals surface area contributed by atoms with Crippen LogP contribution >= 0.6 is 0 Å². The van der Waals surface area contributed by atoms with Gasteiger partial charge in [0.2, 0.25) is 5.91 Å². The number of benzene rings is 1. The van der Waals surface area contributed by atoms with Crippen LogP contribution in [0.15, 0.2) is 30.3 Å². The normalized spacial score (nSPS) is 9.40. The molecule has 0 unspecified atom stereocenters. The molecule has 0 saturated heterocycles. The molecule has 0 heterocycles. The molecule has 15 heavy (non-hydrogen) atoms. The Kier molecular flexibility index (Phi) is 4.27. The average Bonchev–Trinajstić information content (AvgIpc) is 2.29. The fraction of sp³-hybridized carbons (Fsp3) is 0.111. The van der Waals surface area contributed by atoms with Crippen molar-refractivity contribution in [3.05, 3.63) is 35.9 Å². The lowest BCUT2D eigenvalue weighted by molar-refractivity contribution is -0.123. The molecule has 1 aromatic rings. The first-order valence-electron chi connectivity index (χ1n) is 4.24. The highest BCUT2D eigenvalue weighted by molar-refractivity contribution is 5.89. The summed E-state index contributed by atoms with van der Waals surface area (Å²) in [6, 6.07) is 8.37. The molecule has 4 N–H and O–H groups in total. The molecule has 0 spiro atoms. The van der Waals surface area contributed by atoms with Gasteiger partial charge in [0, 0.05) is 0 Å². The second kappa shape index (κ2) is 5.74. The van der Waals surface area contributed by atoms with Crippen LogP contribution in [0.1, 0.15) is 10.4 Å². The van der Waals surface area contributed by atoms with Crippen molar-refractivity contribution in [3.8, 4) is 0 Å². The van der Waals surface area contributed by atoms with Crippen LogP contribution in [0.2, 0.25) is 0 Å². The van der Waals surface area contributed by atoms with E-state index in [1.54, 1.807) is 30.3 Å². The minimum Gasteiger partial charge on any atom is -0.346 e. The molecule has 1 aromatic carbocycles. The van der Waals surface area contributed by atoms with E-state index < -0.39 is 11.9 Å². The van der Waals surface area contributed by atoms with E-state index in [-0.39, 0.29) is 6.54 Å². The number of amides is 1. The van der Waals surface area contributed by atoms with E-state index in [0.29, 0.717) is 5.56 Å². The van der Waals surface area contributed by atoms with Crippen LogP contribution in [0.3, 0.4) is 0 Å². The number of nitrogens with two attached hydrogens (primary N) is 1. The molecule has 80 valence electrons. The summed E-state index contributed by atoms with van der Waals surface area (Å²) in [5.74, 6) is -1.07. The lowest BCUT2D eigenvalue weighted by Crippen LogP contribution is -2.42. The van der Waals surface area contributed by atoms with E-state index >= 15 is 0 Å². The zero-order valence-electron chi connectivity index (χ0n) is 7.90. The van der Waals surface area contributed by atoms with Crippen LogP contribution in [0.5, 0.6) is 0 Å². The van der Waals surface area contributed by atoms with Gasteiger partial charge in [0.05, 0.1) is 12.1 Å². The first kappa shape index (κ1) is 11.2. The van der Waals surface area contributed by atoms with Gasteiger partial charge in [0.1, 0.15) is 0 Å². The molecule has 0 bridgehead atoms. The van der Waals surface area contributed by atoms with Crippen LogP contribution in [-0.2, 0) is 9.63 Å². The molecular formula is C9H11N3O3. The van der Waals surface area contributed by atoms with Crippen molar-refractivity contribution in [2.75, 3.05) is 6.54 Å². The number of carbonyl (C=O) groups is 2. The quantitative estimate of drug-likeness (QED) is 0.572. The van der Waals surface area contributed by atoms with Gasteiger partial charge in [-0.3, -0.25) is 10.2 Å². The Balaban J connectivity index is 2.34. The molecule has 0 aliphatic rings. The second-order valence-corrected chi connectivity index (χ2v) is 2.61. The third-order valence-electron chi connectivity index (χ3n) is 1.53. The molecule has 0 aliphatic heterocycles. The summed E-state index contributed by atoms with van der Waals surface area (Å²) >= 11 is 0. The van der Waals surface area contributed by atoms with Crippen LogP contribution in [0.4, 0.5) is 0 Å². The van der Waals surface area contributed by atoms with Gasteiger partial charge in [0.25, 0.3) is 0 Å². The van der Waals surface area contributed by atoms with Crippen molar-refractivity contribution in [2.45, 2.75) is 0 Å². The minimum atomic E-state index is -0.590. The van der Waals surface area contributed by atoms with Gasteiger partial charge < -0.3 is 10.6 Å². The molecule has 0 aromatic heterocycles. The van der Waals surface area contributed by atoms with E-state index in [1.165, 1.54) is 0 Å². The van der Waals surface area contributed by atoms with E-state index in [2.05, 4.69) is 10.3 Å². The van der Waals surface area contributed by atoms with E-state index in [1.807, 2.05) is 5.59 Å². The number of carbonyl (C=O) groups excluding carboxylic acids is 2. The van der Waals surface area contributed by atoms with Crippen molar-refractivity contribution >= 4 is 11.9 Å². The SMILES string of the molecule is NCC(=O)NNOC(=O)c1ccccc1. The number of hydrogen-bond donors (Lipinski definition) is 3. The Bertz CT molecular complexity index is 340. The van der Waals surface area contributed by atoms with Gasteiger partial charge in [-0.1, -0.05) is 23.8 Å². The van der Waals surface area contributed by atoms with Gasteiger partial charge in [-0.15, -0.1) is 0 Å². The maximum absolute atomic E-state index is 11.2. The fourth-order valence-electron chi connectivity index (χ4n) is 0.813. The Morgan fingerprint density at radius 3 is 2.53 bits per heavy atom. The fourth-order valence-corrected chi connectivity index (χ4v) is 0.813. The summed E-state index contributed by atoms with van der Waals surface area (Å²) in [6.07, 6.45) is 0. The van der Waals surface area contributed by atoms with E-state index in [9.17, 15) is 9.59 Å². The molecule has 1 amide bonds. The van der Waals surface area contributed by atoms with Gasteiger partial charge in [0.15, 0.2) is 0 Å². The van der Waals surface area contributed by atoms with Crippen molar-refractivity contribution in [1.82, 2.24) is 11.0 Å². The summed E-state index contributed by atoms with van der Waals surface area (Å²) in [6.45, 7) is -0.185. The standard InChI is InChI=1S/C9H11N3O3/c10-6-8(13)11-12-15-9(14)7-4-2-1-3-5-7/h1-5,12H,6,10H2,(H,11,13). The third-order valence-corrected chi connectivity index (χ3v) is 1.53. The Morgan fingerprint density at radius 1 is 1.27 bits per heavy atom. The van der Waals surface area contributed by atoms with E-state index in [0.717, 1.165) is 0 Å². The molecule has 0 aliphatic carbocycles. The van der Waals surface area contributed by atoms with Gasteiger partial charge in [-0.2, -0.15) is 0 Å². The molecule has 0 fully saturated rings. The zero-order valence-corrected chi connectivity index (χ0v) is 7.90. The van der Waals surface area contributed by atoms with Crippen molar-refractivity contribution in [3.63, 3.8) is 0 Å². The summed E-state index contributed by atoms with van der Waals surface area (Å²) < 4.78 is 0. The molecule has 0 saturated carbocycles. The second-order valence-electron chi connectivity index (χ2n) is 2.61. The highest BCUT2D eigenvalue weighted by atomic mass is 16.7. The maximum atomic E-state index is 11.2. The first-order valence-corrected chi connectivity index (χ1v) is 4.24. The maximum Gasteiger partial charge on any atom is 0.358 e. The molecule has 1 rings (SSSR count). The third kappa shape index (κ3) is 3.75. The predicted octanol–water partition coefficient (Wildman–Crippen LogP) is -0.662. The molecule has 6 heteroatoms. The highest BCUT2D eigenvalue weighted by Gasteiger charge is 2.05. The summed E-state index contributed by atoms with van der Waals surface area (Å²) in [7, 11) is 0. The number of hydrogen-bond acceptors (Lipinski definition) is 5. The monoisotopic (exact) mass is 209 g/mol. The van der Waals surface area contributed by atoms with E-state index in [4.69, 9.17) is 5.73 Å². The molecule has 6 nitrogen and oxygen atoms in total. The number of hydrazine groups is 1. The number of nitrogens with one attached hydrogen (secondary N) is 2. The zero-order chi connectivity index (χ0) is 11.1. The van der Waals surface area contributed by atoms with Crippen LogP contribution < -0.4 is 16.7 Å². The Morgan fingerprint density at radius 2 is 1.93 bits per heavy atom. The van der Waals surface area contributed by atoms with Crippen LogP contribution in [0.25, 0.3) is 0 Å². The Labute approximate surface area is 86.3 Å². The van der Waals surface area contributed by atoms with Crippen molar-refractivity contribution in [1.29, 1.82) is 0 Å². The molecule has 0 atom stereocenters. The topological polar surface area (TPSA) is 93.5 Å². The average molecular weight is 209 g/mol. The van der Waals surface area contributed by atoms with Gasteiger partial charge in [-0.25, -0.2) is 4.79 Å². The minimum absolute atomic E-state index is 0.185. The van der Waals surface area contributed by atoms with Gasteiger partial charge >= 0.3 is 5.97 Å². The van der Waals surface area contributed by atoms with Crippen LogP contribution in [0, 0.1) is 0 Å². The van der Waals surface area contributed by atoms with Crippen molar-refractivity contribution in [2.24, 2.45) is 5.73 Å². The first-order chi connectivity index (χ1) is 7.24. The predicted molar refractivity (Wildman–Crippen MR) is 52.2 cm³/mol. The summed E-state index contributed by atoms with van der Waals surface area (Å²) in [5.41, 5.74) is 9.47. The smallest absolute Gasteiger partial charge is 0.346 e. The highest BCUT2D eigenvalue weighted by Crippen LogP contribution is 1.98. The number of rotatable bonds is 4. The summed E-state index contributed by atoms with van der Waals surface area (Å²) in [4.78, 5) is 26.4. The largest absolute Gasteiger partial charge is 0.358 e. The van der Waals surface area contributed by atoms with Crippen molar-refractivity contribution < 1.29 is 14.4 Å². The molecule has 0 radical (unpaired) electrons. The lowest BCUT2D eigenvalue weighted by Gasteiger charge is -2.05. The Hall–Kier alpha value is -1.92. The van der Waals surface area contributed by atoms with Crippen LogP contribution in [-0.4, -0.2) is 18.4 Å². The lowest BCUT2D eigenvalue weighted by atomic mass is 10.2. The van der Waals surface area contributed by atoms with Gasteiger partial charge in [-0.05, 0) is 12.1 Å². The summed E-state index contributed by atoms with van der Waals surface area (Å²) in [5, 5.41) is 0.